The van der Waals surface area contributed by atoms with Crippen molar-refractivity contribution in [1.82, 2.24) is 9.55 Å². The fourth-order valence-electron chi connectivity index (χ4n) is 1.77. The molecule has 0 fully saturated rings. The first-order valence-electron chi connectivity index (χ1n) is 5.35. The first-order chi connectivity index (χ1) is 6.65. The first kappa shape index (κ1) is 11.2. The van der Waals surface area contributed by atoms with E-state index in [1.54, 1.807) is 0 Å². The van der Waals surface area contributed by atoms with Crippen LogP contribution in [0.3, 0.4) is 0 Å². The van der Waals surface area contributed by atoms with Gasteiger partial charge < -0.3 is 9.67 Å². The molecule has 0 aliphatic carbocycles. The van der Waals surface area contributed by atoms with Gasteiger partial charge in [-0.15, -0.1) is 0 Å². The van der Waals surface area contributed by atoms with Gasteiger partial charge in [0.15, 0.2) is 0 Å². The highest BCUT2D eigenvalue weighted by Crippen LogP contribution is 2.16. The largest absolute Gasteiger partial charge is 0.393 e. The summed E-state index contributed by atoms with van der Waals surface area (Å²) in [4.78, 5) is 4.32. The molecule has 1 aromatic heterocycles. The minimum Gasteiger partial charge on any atom is -0.393 e. The van der Waals surface area contributed by atoms with E-state index in [0.717, 1.165) is 25.1 Å². The topological polar surface area (TPSA) is 38.0 Å². The van der Waals surface area contributed by atoms with Gasteiger partial charge in [-0.05, 0) is 26.7 Å². The first-order valence-corrected chi connectivity index (χ1v) is 5.35. The highest BCUT2D eigenvalue weighted by atomic mass is 16.3. The Hall–Kier alpha value is -0.830. The van der Waals surface area contributed by atoms with Gasteiger partial charge >= 0.3 is 0 Å². The zero-order valence-electron chi connectivity index (χ0n) is 9.27. The lowest BCUT2D eigenvalue weighted by Gasteiger charge is -2.17. The monoisotopic (exact) mass is 196 g/mol. The molecule has 0 spiro atoms. The average Bonchev–Trinajstić information content (AvgIpc) is 2.51. The van der Waals surface area contributed by atoms with E-state index in [2.05, 4.69) is 23.4 Å². The Morgan fingerprint density at radius 2 is 2.21 bits per heavy atom. The second kappa shape index (κ2) is 5.15. The summed E-state index contributed by atoms with van der Waals surface area (Å²) in [5, 5.41) is 9.31. The van der Waals surface area contributed by atoms with E-state index >= 15 is 0 Å². The van der Waals surface area contributed by atoms with Gasteiger partial charge in [-0.3, -0.25) is 0 Å². The fourth-order valence-corrected chi connectivity index (χ4v) is 1.77. The van der Waals surface area contributed by atoms with Crippen LogP contribution in [0.25, 0.3) is 0 Å². The molecule has 2 atom stereocenters. The quantitative estimate of drug-likeness (QED) is 0.783. The number of hydrogen-bond acceptors (Lipinski definition) is 2. The molecule has 0 bridgehead atoms. The molecule has 2 unspecified atom stereocenters. The summed E-state index contributed by atoms with van der Waals surface area (Å²) in [5.74, 6) is 1.13. The zero-order valence-corrected chi connectivity index (χ0v) is 9.27. The highest BCUT2D eigenvalue weighted by Gasteiger charge is 2.11. The van der Waals surface area contributed by atoms with Crippen LogP contribution in [0.2, 0.25) is 0 Å². The molecule has 1 rings (SSSR count). The number of hydrogen-bond donors (Lipinski definition) is 1. The Bertz CT molecular complexity index is 268. The summed E-state index contributed by atoms with van der Waals surface area (Å²) in [7, 11) is 0. The van der Waals surface area contributed by atoms with E-state index in [9.17, 15) is 5.11 Å². The van der Waals surface area contributed by atoms with Crippen LogP contribution < -0.4 is 0 Å². The number of imidazole rings is 1. The normalized spacial score (nSPS) is 15.4. The van der Waals surface area contributed by atoms with E-state index in [-0.39, 0.29) is 6.10 Å². The minimum absolute atomic E-state index is 0.248. The van der Waals surface area contributed by atoms with Crippen LogP contribution in [-0.2, 0) is 6.42 Å². The second-order valence-corrected chi connectivity index (χ2v) is 3.93. The van der Waals surface area contributed by atoms with Crippen molar-refractivity contribution >= 4 is 0 Å². The fraction of sp³-hybridized carbons (Fsp3) is 0.727. The molecule has 3 heteroatoms. The molecule has 3 nitrogen and oxygen atoms in total. The number of nitrogens with zero attached hydrogens (tertiary/aromatic N) is 2. The molecular formula is C11H20N2O. The van der Waals surface area contributed by atoms with Gasteiger partial charge in [-0.1, -0.05) is 6.92 Å². The van der Waals surface area contributed by atoms with Crippen LogP contribution in [0, 0.1) is 0 Å². The van der Waals surface area contributed by atoms with Crippen molar-refractivity contribution in [3.8, 4) is 0 Å². The van der Waals surface area contributed by atoms with Gasteiger partial charge in [0.2, 0.25) is 0 Å². The van der Waals surface area contributed by atoms with Crippen molar-refractivity contribution in [1.29, 1.82) is 0 Å². The lowest BCUT2D eigenvalue weighted by Crippen LogP contribution is -2.14. The molecule has 0 aliphatic heterocycles. The predicted octanol–water partition coefficient (Wildman–Crippen LogP) is 2.17. The number of rotatable bonds is 5. The summed E-state index contributed by atoms with van der Waals surface area (Å²) in [5.41, 5.74) is 0. The molecule has 1 aromatic rings. The van der Waals surface area contributed by atoms with Gasteiger partial charge in [0, 0.05) is 24.9 Å². The maximum atomic E-state index is 9.31. The Kier molecular flexibility index (Phi) is 4.14. The van der Waals surface area contributed by atoms with E-state index in [1.165, 1.54) is 0 Å². The van der Waals surface area contributed by atoms with Gasteiger partial charge in [-0.2, -0.15) is 0 Å². The number of aryl methyl sites for hydroxylation is 1. The molecule has 1 N–H and O–H groups in total. The predicted molar refractivity (Wildman–Crippen MR) is 57.2 cm³/mol. The number of aromatic nitrogens is 2. The van der Waals surface area contributed by atoms with Gasteiger partial charge in [0.25, 0.3) is 0 Å². The Morgan fingerprint density at radius 1 is 1.50 bits per heavy atom. The van der Waals surface area contributed by atoms with Crippen molar-refractivity contribution < 1.29 is 5.11 Å². The van der Waals surface area contributed by atoms with Crippen molar-refractivity contribution in [2.24, 2.45) is 0 Å². The molecule has 0 aromatic carbocycles. The Morgan fingerprint density at radius 3 is 2.79 bits per heavy atom. The zero-order chi connectivity index (χ0) is 10.6. The highest BCUT2D eigenvalue weighted by molar-refractivity contribution is 4.95. The third-order valence-corrected chi connectivity index (χ3v) is 2.38. The third-order valence-electron chi connectivity index (χ3n) is 2.38. The summed E-state index contributed by atoms with van der Waals surface area (Å²) in [6.45, 7) is 6.10. The maximum absolute atomic E-state index is 9.31. The van der Waals surface area contributed by atoms with Crippen molar-refractivity contribution in [3.05, 3.63) is 18.2 Å². The summed E-state index contributed by atoms with van der Waals surface area (Å²) < 4.78 is 2.16. The van der Waals surface area contributed by atoms with Crippen LogP contribution in [0.4, 0.5) is 0 Å². The Balaban J connectivity index is 2.68. The van der Waals surface area contributed by atoms with Gasteiger partial charge in [0.1, 0.15) is 5.82 Å². The summed E-state index contributed by atoms with van der Waals surface area (Å²) in [6, 6.07) is 0.332. The number of aliphatic hydroxyl groups excluding tert-OH is 1. The third kappa shape index (κ3) is 2.84. The average molecular weight is 196 g/mol. The maximum Gasteiger partial charge on any atom is 0.108 e. The van der Waals surface area contributed by atoms with Crippen molar-refractivity contribution in [2.45, 2.75) is 52.2 Å². The second-order valence-electron chi connectivity index (χ2n) is 3.93. The lowest BCUT2D eigenvalue weighted by atomic mass is 10.1. The molecule has 80 valence electrons. The van der Waals surface area contributed by atoms with Crippen LogP contribution in [-0.4, -0.2) is 20.8 Å². The van der Waals surface area contributed by atoms with E-state index in [1.807, 2.05) is 19.3 Å². The minimum atomic E-state index is -0.248. The van der Waals surface area contributed by atoms with Crippen LogP contribution >= 0.6 is 0 Å². The van der Waals surface area contributed by atoms with E-state index in [4.69, 9.17) is 0 Å². The molecule has 1 heterocycles. The summed E-state index contributed by atoms with van der Waals surface area (Å²) >= 11 is 0. The molecular weight excluding hydrogens is 176 g/mol. The van der Waals surface area contributed by atoms with Crippen molar-refractivity contribution in [3.63, 3.8) is 0 Å². The van der Waals surface area contributed by atoms with E-state index in [0.29, 0.717) is 6.04 Å². The number of aliphatic hydroxyl groups is 1. The smallest absolute Gasteiger partial charge is 0.108 e. The van der Waals surface area contributed by atoms with Gasteiger partial charge in [0.05, 0.1) is 6.10 Å². The summed E-state index contributed by atoms with van der Waals surface area (Å²) in [6.07, 6.45) is 6.49. The molecule has 0 amide bonds. The molecule has 0 saturated heterocycles. The SMILES string of the molecule is CCCc1nccn1C(C)CC(C)O. The van der Waals surface area contributed by atoms with Crippen LogP contribution in [0.5, 0.6) is 0 Å². The van der Waals surface area contributed by atoms with Crippen LogP contribution in [0.15, 0.2) is 12.4 Å². The van der Waals surface area contributed by atoms with Crippen molar-refractivity contribution in [2.75, 3.05) is 0 Å². The van der Waals surface area contributed by atoms with E-state index < -0.39 is 0 Å². The Labute approximate surface area is 85.8 Å². The molecule has 0 saturated carbocycles. The standard InChI is InChI=1S/C11H20N2O/c1-4-5-11-12-6-7-13(11)9(2)8-10(3)14/h6-7,9-10,14H,4-5,8H2,1-3H3. The molecule has 0 aliphatic rings. The molecule has 14 heavy (non-hydrogen) atoms. The van der Waals surface area contributed by atoms with Gasteiger partial charge in [-0.25, -0.2) is 4.98 Å². The lowest BCUT2D eigenvalue weighted by molar-refractivity contribution is 0.164. The molecule has 0 radical (unpaired) electrons. The van der Waals surface area contributed by atoms with Crippen LogP contribution in [0.1, 0.15) is 45.5 Å².